The molecule has 1 N–H and O–H groups in total. The lowest BCUT2D eigenvalue weighted by atomic mass is 9.95. The molecule has 0 aliphatic carbocycles. The van der Waals surface area contributed by atoms with Gasteiger partial charge in [0.1, 0.15) is 5.75 Å². The summed E-state index contributed by atoms with van der Waals surface area (Å²) in [5.41, 5.74) is 1.10. The molecule has 0 radical (unpaired) electrons. The van der Waals surface area contributed by atoms with E-state index >= 15 is 0 Å². The van der Waals surface area contributed by atoms with Gasteiger partial charge in [0, 0.05) is 23.1 Å². The van der Waals surface area contributed by atoms with Crippen LogP contribution >= 0.6 is 15.9 Å². The molecule has 1 aliphatic heterocycles. The molecule has 1 heterocycles. The lowest BCUT2D eigenvalue weighted by Gasteiger charge is -2.30. The smallest absolute Gasteiger partial charge is 0.407 e. The zero-order valence-corrected chi connectivity index (χ0v) is 13.2. The van der Waals surface area contributed by atoms with Crippen molar-refractivity contribution >= 4 is 22.0 Å². The minimum atomic E-state index is -0.807. The van der Waals surface area contributed by atoms with E-state index in [9.17, 15) is 4.79 Å². The van der Waals surface area contributed by atoms with Crippen molar-refractivity contribution in [1.29, 1.82) is 0 Å². The summed E-state index contributed by atoms with van der Waals surface area (Å²) in [6, 6.07) is 5.91. The number of nitrogens with zero attached hydrogens (tertiary/aromatic N) is 1. The third-order valence-electron chi connectivity index (χ3n) is 3.79. The van der Waals surface area contributed by atoms with E-state index in [0.29, 0.717) is 25.6 Å². The molecule has 4 nitrogen and oxygen atoms in total. The third kappa shape index (κ3) is 3.88. The van der Waals surface area contributed by atoms with Gasteiger partial charge in [0.05, 0.1) is 6.61 Å². The van der Waals surface area contributed by atoms with Crippen molar-refractivity contribution in [3.05, 3.63) is 28.2 Å². The summed E-state index contributed by atoms with van der Waals surface area (Å²) < 4.78 is 6.87. The van der Waals surface area contributed by atoms with Gasteiger partial charge in [-0.1, -0.05) is 22.0 Å². The molecule has 0 aromatic heterocycles. The first-order valence-electron chi connectivity index (χ1n) is 6.93. The van der Waals surface area contributed by atoms with Gasteiger partial charge in [-0.05, 0) is 44.2 Å². The topological polar surface area (TPSA) is 49.8 Å². The van der Waals surface area contributed by atoms with Crippen LogP contribution in [0, 0.1) is 12.8 Å². The Kier molecular flexibility index (Phi) is 5.29. The number of rotatable bonds is 4. The van der Waals surface area contributed by atoms with Gasteiger partial charge >= 0.3 is 6.09 Å². The zero-order valence-electron chi connectivity index (χ0n) is 11.6. The predicted molar refractivity (Wildman–Crippen MR) is 81.3 cm³/mol. The molecule has 110 valence electrons. The summed E-state index contributed by atoms with van der Waals surface area (Å²) >= 11 is 3.49. The SMILES string of the molecule is Cc1c(Br)cccc1OCCC1CCCN(C(=O)O)C1. The van der Waals surface area contributed by atoms with Crippen LogP contribution in [0.25, 0.3) is 0 Å². The molecule has 1 unspecified atom stereocenters. The van der Waals surface area contributed by atoms with Crippen molar-refractivity contribution in [1.82, 2.24) is 4.90 Å². The Hall–Kier alpha value is -1.23. The monoisotopic (exact) mass is 341 g/mol. The molecule has 1 fully saturated rings. The predicted octanol–water partition coefficient (Wildman–Crippen LogP) is 3.92. The summed E-state index contributed by atoms with van der Waals surface area (Å²) in [4.78, 5) is 12.5. The van der Waals surface area contributed by atoms with Crippen LogP contribution in [0.15, 0.2) is 22.7 Å². The van der Waals surface area contributed by atoms with Crippen molar-refractivity contribution in [3.8, 4) is 5.75 Å². The Morgan fingerprint density at radius 2 is 2.35 bits per heavy atom. The number of likely N-dealkylation sites (tertiary alicyclic amines) is 1. The maximum absolute atomic E-state index is 11.0. The fourth-order valence-corrected chi connectivity index (χ4v) is 2.90. The number of piperidine rings is 1. The first kappa shape index (κ1) is 15.2. The van der Waals surface area contributed by atoms with E-state index in [1.807, 2.05) is 25.1 Å². The van der Waals surface area contributed by atoms with E-state index in [2.05, 4.69) is 15.9 Å². The molecule has 1 amide bonds. The lowest BCUT2D eigenvalue weighted by Crippen LogP contribution is -2.39. The second kappa shape index (κ2) is 6.97. The standard InChI is InChI=1S/C15H20BrNO3/c1-11-13(16)5-2-6-14(11)20-9-7-12-4-3-8-17(10-12)15(18)19/h2,5-6,12H,3-4,7-10H2,1H3,(H,18,19). The Morgan fingerprint density at radius 1 is 1.55 bits per heavy atom. The van der Waals surface area contributed by atoms with E-state index in [-0.39, 0.29) is 0 Å². The molecular formula is C15H20BrNO3. The van der Waals surface area contributed by atoms with Crippen molar-refractivity contribution in [2.24, 2.45) is 5.92 Å². The van der Waals surface area contributed by atoms with Gasteiger partial charge in [0.2, 0.25) is 0 Å². The third-order valence-corrected chi connectivity index (χ3v) is 4.65. The van der Waals surface area contributed by atoms with Crippen LogP contribution < -0.4 is 4.74 Å². The van der Waals surface area contributed by atoms with E-state index in [0.717, 1.165) is 35.0 Å². The molecule has 0 spiro atoms. The highest BCUT2D eigenvalue weighted by Gasteiger charge is 2.22. The van der Waals surface area contributed by atoms with Crippen LogP contribution in [0.1, 0.15) is 24.8 Å². The second-order valence-corrected chi connectivity index (χ2v) is 6.09. The van der Waals surface area contributed by atoms with Gasteiger partial charge in [-0.15, -0.1) is 0 Å². The zero-order chi connectivity index (χ0) is 14.5. The number of carbonyl (C=O) groups is 1. The molecule has 1 aromatic rings. The average molecular weight is 342 g/mol. The van der Waals surface area contributed by atoms with Crippen molar-refractivity contribution < 1.29 is 14.6 Å². The van der Waals surface area contributed by atoms with E-state index in [4.69, 9.17) is 9.84 Å². The number of amides is 1. The lowest BCUT2D eigenvalue weighted by molar-refractivity contribution is 0.113. The molecule has 0 saturated carbocycles. The first-order valence-corrected chi connectivity index (χ1v) is 7.73. The van der Waals surface area contributed by atoms with Crippen LogP contribution in [-0.4, -0.2) is 35.8 Å². The Morgan fingerprint density at radius 3 is 3.10 bits per heavy atom. The Bertz CT molecular complexity index is 478. The molecule has 20 heavy (non-hydrogen) atoms. The van der Waals surface area contributed by atoms with Crippen LogP contribution in [-0.2, 0) is 0 Å². The number of hydrogen-bond donors (Lipinski definition) is 1. The average Bonchev–Trinajstić information content (AvgIpc) is 2.44. The molecule has 1 saturated heterocycles. The van der Waals surface area contributed by atoms with Crippen LogP contribution in [0.2, 0.25) is 0 Å². The van der Waals surface area contributed by atoms with E-state index < -0.39 is 6.09 Å². The summed E-state index contributed by atoms with van der Waals surface area (Å²) in [5, 5.41) is 9.02. The highest BCUT2D eigenvalue weighted by atomic mass is 79.9. The Labute approximate surface area is 127 Å². The minimum absolute atomic E-state index is 0.410. The number of benzene rings is 1. The maximum Gasteiger partial charge on any atom is 0.407 e. The van der Waals surface area contributed by atoms with Gasteiger partial charge < -0.3 is 14.7 Å². The fraction of sp³-hybridized carbons (Fsp3) is 0.533. The summed E-state index contributed by atoms with van der Waals surface area (Å²) in [7, 11) is 0. The van der Waals surface area contributed by atoms with Crippen LogP contribution in [0.5, 0.6) is 5.75 Å². The molecule has 1 atom stereocenters. The van der Waals surface area contributed by atoms with E-state index in [1.165, 1.54) is 4.90 Å². The van der Waals surface area contributed by atoms with Crippen LogP contribution in [0.3, 0.4) is 0 Å². The first-order chi connectivity index (χ1) is 9.58. The van der Waals surface area contributed by atoms with Crippen LogP contribution in [0.4, 0.5) is 4.79 Å². The normalized spacial score (nSPS) is 18.9. The minimum Gasteiger partial charge on any atom is -0.493 e. The fourth-order valence-electron chi connectivity index (χ4n) is 2.55. The molecule has 1 aromatic carbocycles. The number of hydrogen-bond acceptors (Lipinski definition) is 2. The highest BCUT2D eigenvalue weighted by molar-refractivity contribution is 9.10. The molecule has 2 rings (SSSR count). The summed E-state index contributed by atoms with van der Waals surface area (Å²) in [6.07, 6.45) is 2.13. The summed E-state index contributed by atoms with van der Waals surface area (Å²) in [5.74, 6) is 1.30. The Balaban J connectivity index is 1.81. The molecule has 0 bridgehead atoms. The quantitative estimate of drug-likeness (QED) is 0.902. The van der Waals surface area contributed by atoms with Crippen molar-refractivity contribution in [2.75, 3.05) is 19.7 Å². The maximum atomic E-state index is 11.0. The molecule has 5 heteroatoms. The van der Waals surface area contributed by atoms with Gasteiger partial charge in [0.15, 0.2) is 0 Å². The number of carboxylic acid groups (broad SMARTS) is 1. The van der Waals surface area contributed by atoms with Crippen molar-refractivity contribution in [3.63, 3.8) is 0 Å². The molecule has 1 aliphatic rings. The second-order valence-electron chi connectivity index (χ2n) is 5.24. The molecular weight excluding hydrogens is 322 g/mol. The van der Waals surface area contributed by atoms with Gasteiger partial charge in [-0.25, -0.2) is 4.79 Å². The van der Waals surface area contributed by atoms with Gasteiger partial charge in [-0.2, -0.15) is 0 Å². The largest absolute Gasteiger partial charge is 0.493 e. The number of halogens is 1. The number of ether oxygens (including phenoxy) is 1. The van der Waals surface area contributed by atoms with Gasteiger partial charge in [0.25, 0.3) is 0 Å². The van der Waals surface area contributed by atoms with Gasteiger partial charge in [-0.3, -0.25) is 0 Å². The summed E-state index contributed by atoms with van der Waals surface area (Å²) in [6.45, 7) is 3.95. The van der Waals surface area contributed by atoms with E-state index in [1.54, 1.807) is 0 Å². The van der Waals surface area contributed by atoms with Crippen molar-refractivity contribution in [2.45, 2.75) is 26.2 Å². The highest BCUT2D eigenvalue weighted by Crippen LogP contribution is 2.26.